The van der Waals surface area contributed by atoms with E-state index in [1.807, 2.05) is 18.2 Å². The molecule has 4 amide bonds. The summed E-state index contributed by atoms with van der Waals surface area (Å²) in [4.78, 5) is 40.9. The van der Waals surface area contributed by atoms with E-state index in [0.29, 0.717) is 17.7 Å². The van der Waals surface area contributed by atoms with Crippen molar-refractivity contribution in [2.75, 3.05) is 37.6 Å². The first-order valence-electron chi connectivity index (χ1n) is 11.5. The average Bonchev–Trinajstić information content (AvgIpc) is 3.40. The van der Waals surface area contributed by atoms with Gasteiger partial charge in [0.2, 0.25) is 5.91 Å². The Morgan fingerprint density at radius 2 is 1.80 bits per heavy atom. The first kappa shape index (κ1) is 21.5. The van der Waals surface area contributed by atoms with Gasteiger partial charge in [0.15, 0.2) is 11.4 Å². The first-order chi connectivity index (χ1) is 17.0. The number of carbonyl (C=O) groups is 3. The largest absolute Gasteiger partial charge is 0.354 e. The smallest absolute Gasteiger partial charge is 0.342 e. The zero-order valence-corrected chi connectivity index (χ0v) is 18.9. The van der Waals surface area contributed by atoms with E-state index >= 15 is 0 Å². The van der Waals surface area contributed by atoms with Crippen LogP contribution in [0, 0.1) is 5.82 Å². The van der Waals surface area contributed by atoms with E-state index in [0.717, 1.165) is 55.1 Å². The second-order valence-corrected chi connectivity index (χ2v) is 8.99. The van der Waals surface area contributed by atoms with Gasteiger partial charge < -0.3 is 9.42 Å². The van der Waals surface area contributed by atoms with Gasteiger partial charge >= 0.3 is 6.03 Å². The van der Waals surface area contributed by atoms with Crippen molar-refractivity contribution in [3.63, 3.8) is 0 Å². The molecule has 0 radical (unpaired) electrons. The number of aromatic nitrogens is 1. The Kier molecular flexibility index (Phi) is 5.14. The van der Waals surface area contributed by atoms with Gasteiger partial charge in [0.1, 0.15) is 5.82 Å². The van der Waals surface area contributed by atoms with Crippen molar-refractivity contribution in [2.45, 2.75) is 19.5 Å². The number of rotatable bonds is 4. The Hall–Kier alpha value is -3.99. The lowest BCUT2D eigenvalue weighted by Crippen LogP contribution is -2.56. The van der Waals surface area contributed by atoms with Crippen molar-refractivity contribution in [2.24, 2.45) is 0 Å². The Labute approximate surface area is 199 Å². The molecule has 2 aromatic carbocycles. The van der Waals surface area contributed by atoms with Gasteiger partial charge in [-0.1, -0.05) is 17.3 Å². The Morgan fingerprint density at radius 3 is 2.60 bits per heavy atom. The maximum absolute atomic E-state index is 13.4. The molecular formula is C24H23FN6O4. The highest BCUT2D eigenvalue weighted by atomic mass is 19.1. The zero-order valence-electron chi connectivity index (χ0n) is 18.9. The molecule has 0 aliphatic carbocycles. The minimum absolute atomic E-state index is 0.171. The highest BCUT2D eigenvalue weighted by Gasteiger charge is 2.37. The summed E-state index contributed by atoms with van der Waals surface area (Å²) in [5.74, 6) is -0.175. The topological polar surface area (TPSA) is 102 Å². The summed E-state index contributed by atoms with van der Waals surface area (Å²) in [6.07, 6.45) is 0.171. The summed E-state index contributed by atoms with van der Waals surface area (Å²) in [6, 6.07) is 9.68. The van der Waals surface area contributed by atoms with Crippen molar-refractivity contribution in [3.05, 3.63) is 58.9 Å². The summed E-state index contributed by atoms with van der Waals surface area (Å²) < 4.78 is 18.7. The van der Waals surface area contributed by atoms with Crippen LogP contribution in [-0.2, 0) is 17.9 Å². The van der Waals surface area contributed by atoms with E-state index in [1.54, 1.807) is 6.07 Å². The van der Waals surface area contributed by atoms with E-state index < -0.39 is 6.03 Å². The minimum atomic E-state index is -0.564. The number of anilines is 1. The van der Waals surface area contributed by atoms with Crippen molar-refractivity contribution in [3.8, 4) is 0 Å². The number of carbonyl (C=O) groups excluding carboxylic acids is 3. The SMILES string of the molecule is O=C1CCN(N2Cc3cc(CN4CCN(c5noc6cc(F)ccc56)CC4)ccc3C2=O)C(=O)N1. The Morgan fingerprint density at radius 1 is 0.971 bits per heavy atom. The van der Waals surface area contributed by atoms with E-state index in [-0.39, 0.29) is 30.6 Å². The molecule has 3 aromatic rings. The maximum atomic E-state index is 13.4. The van der Waals surface area contributed by atoms with Crippen LogP contribution in [0.15, 0.2) is 40.9 Å². The number of nitrogens with zero attached hydrogens (tertiary/aromatic N) is 5. The summed E-state index contributed by atoms with van der Waals surface area (Å²) >= 11 is 0. The van der Waals surface area contributed by atoms with Crippen LogP contribution in [0.25, 0.3) is 11.0 Å². The molecule has 2 saturated heterocycles. The number of hydrazine groups is 1. The highest BCUT2D eigenvalue weighted by molar-refractivity contribution is 6.02. The van der Waals surface area contributed by atoms with Crippen LogP contribution >= 0.6 is 0 Å². The highest BCUT2D eigenvalue weighted by Crippen LogP contribution is 2.29. The van der Waals surface area contributed by atoms with Crippen molar-refractivity contribution in [1.29, 1.82) is 0 Å². The summed E-state index contributed by atoms with van der Waals surface area (Å²) in [6.45, 7) is 4.39. The molecule has 11 heteroatoms. The van der Waals surface area contributed by atoms with Crippen LogP contribution in [0.2, 0.25) is 0 Å². The van der Waals surface area contributed by atoms with Crippen LogP contribution in [0.1, 0.15) is 27.9 Å². The number of urea groups is 1. The fourth-order valence-corrected chi connectivity index (χ4v) is 4.94. The third-order valence-corrected chi connectivity index (χ3v) is 6.77. The van der Waals surface area contributed by atoms with Gasteiger partial charge in [0, 0.05) is 50.8 Å². The fraction of sp³-hybridized carbons (Fsp3) is 0.333. The van der Waals surface area contributed by atoms with Crippen LogP contribution in [0.3, 0.4) is 0 Å². The molecule has 1 aromatic heterocycles. The van der Waals surface area contributed by atoms with Gasteiger partial charge in [-0.2, -0.15) is 0 Å². The number of hydrogen-bond acceptors (Lipinski definition) is 7. The molecule has 6 rings (SSSR count). The number of nitrogens with one attached hydrogen (secondary N) is 1. The van der Waals surface area contributed by atoms with E-state index in [1.165, 1.54) is 22.2 Å². The number of halogens is 1. The Bertz CT molecular complexity index is 1350. The molecular weight excluding hydrogens is 455 g/mol. The first-order valence-corrected chi connectivity index (χ1v) is 11.5. The van der Waals surface area contributed by atoms with Gasteiger partial charge in [-0.15, -0.1) is 0 Å². The van der Waals surface area contributed by atoms with Gasteiger partial charge in [-0.05, 0) is 29.3 Å². The number of amides is 4. The summed E-state index contributed by atoms with van der Waals surface area (Å²) in [5.41, 5.74) is 2.99. The molecule has 0 bridgehead atoms. The lowest BCUT2D eigenvalue weighted by Gasteiger charge is -2.34. The fourth-order valence-electron chi connectivity index (χ4n) is 4.94. The van der Waals surface area contributed by atoms with Crippen LogP contribution in [0.4, 0.5) is 15.0 Å². The molecule has 3 aliphatic heterocycles. The second kappa shape index (κ2) is 8.35. The molecule has 0 atom stereocenters. The van der Waals surface area contributed by atoms with Gasteiger partial charge in [-0.25, -0.2) is 19.2 Å². The number of fused-ring (bicyclic) bond motifs is 2. The van der Waals surface area contributed by atoms with Crippen molar-refractivity contribution >= 4 is 34.6 Å². The van der Waals surface area contributed by atoms with Gasteiger partial charge in [0.05, 0.1) is 18.5 Å². The molecule has 4 heterocycles. The predicted octanol–water partition coefficient (Wildman–Crippen LogP) is 2.10. The summed E-state index contributed by atoms with van der Waals surface area (Å²) in [7, 11) is 0. The Balaban J connectivity index is 1.10. The number of piperazine rings is 1. The lowest BCUT2D eigenvalue weighted by atomic mass is 10.1. The van der Waals surface area contributed by atoms with Gasteiger partial charge in [-0.3, -0.25) is 19.8 Å². The quantitative estimate of drug-likeness (QED) is 0.613. The molecule has 1 N–H and O–H groups in total. The number of imide groups is 1. The molecule has 2 fully saturated rings. The van der Waals surface area contributed by atoms with Crippen LogP contribution in [-0.4, -0.2) is 70.6 Å². The maximum Gasteiger partial charge on any atom is 0.342 e. The van der Waals surface area contributed by atoms with Gasteiger partial charge in [0.25, 0.3) is 5.91 Å². The summed E-state index contributed by atoms with van der Waals surface area (Å²) in [5, 5.41) is 9.93. The normalized spacial score (nSPS) is 19.0. The van der Waals surface area contributed by atoms with E-state index in [4.69, 9.17) is 4.52 Å². The van der Waals surface area contributed by atoms with E-state index in [2.05, 4.69) is 20.3 Å². The molecule has 10 nitrogen and oxygen atoms in total. The molecule has 0 unspecified atom stereocenters. The monoisotopic (exact) mass is 478 g/mol. The molecule has 35 heavy (non-hydrogen) atoms. The third kappa shape index (κ3) is 3.87. The number of benzene rings is 2. The lowest BCUT2D eigenvalue weighted by molar-refractivity contribution is -0.123. The van der Waals surface area contributed by atoms with Crippen molar-refractivity contribution in [1.82, 2.24) is 25.4 Å². The standard InChI is InChI=1S/C24H23FN6O4/c25-17-2-4-19-20(12-17)35-27-22(19)29-9-7-28(8-10-29)13-15-1-3-18-16(11-15)14-31(23(18)33)30-6-5-21(32)26-24(30)34/h1-4,11-12H,5-10,13-14H2,(H,26,32,34). The molecule has 0 saturated carbocycles. The average molecular weight is 478 g/mol. The van der Waals surface area contributed by atoms with Crippen LogP contribution < -0.4 is 10.2 Å². The van der Waals surface area contributed by atoms with Crippen molar-refractivity contribution < 1.29 is 23.3 Å². The second-order valence-electron chi connectivity index (χ2n) is 8.99. The zero-order chi connectivity index (χ0) is 24.1. The van der Waals surface area contributed by atoms with E-state index in [9.17, 15) is 18.8 Å². The minimum Gasteiger partial charge on any atom is -0.354 e. The molecule has 3 aliphatic rings. The predicted molar refractivity (Wildman–Crippen MR) is 123 cm³/mol. The molecule has 0 spiro atoms. The third-order valence-electron chi connectivity index (χ3n) is 6.77. The molecule has 180 valence electrons. The van der Waals surface area contributed by atoms with Crippen LogP contribution in [0.5, 0.6) is 0 Å². The number of hydrogen-bond donors (Lipinski definition) is 1.